The van der Waals surface area contributed by atoms with Gasteiger partial charge in [0.15, 0.2) is 5.96 Å². The SMILES string of the molecule is CCNC(=NCc1ccc(OC)cc1OC)NCCNC(=O)c1ccc(OC)cc1. The number of nitrogens with zero attached hydrogens (tertiary/aromatic N) is 1. The fraction of sp³-hybridized carbons (Fsp3) is 0.364. The molecule has 0 heterocycles. The van der Waals surface area contributed by atoms with Gasteiger partial charge in [-0.2, -0.15) is 0 Å². The van der Waals surface area contributed by atoms with Crippen molar-refractivity contribution in [2.24, 2.45) is 4.99 Å². The van der Waals surface area contributed by atoms with Crippen LogP contribution in [0.1, 0.15) is 22.8 Å². The Labute approximate surface area is 177 Å². The lowest BCUT2D eigenvalue weighted by molar-refractivity contribution is 0.0954. The number of guanidine groups is 1. The van der Waals surface area contributed by atoms with Crippen molar-refractivity contribution < 1.29 is 19.0 Å². The number of methoxy groups -OCH3 is 3. The molecule has 0 atom stereocenters. The standard InChI is InChI=1S/C22H30N4O4/c1-5-23-22(26-15-17-8-11-19(29-3)14-20(17)30-4)25-13-12-24-21(27)16-6-9-18(28-2)10-7-16/h6-11,14H,5,12-13,15H2,1-4H3,(H,24,27)(H2,23,25,26). The van der Waals surface area contributed by atoms with Crippen LogP contribution in [0.5, 0.6) is 17.2 Å². The highest BCUT2D eigenvalue weighted by atomic mass is 16.5. The number of carbonyl (C=O) groups excluding carboxylic acids is 1. The van der Waals surface area contributed by atoms with Gasteiger partial charge in [0, 0.05) is 36.8 Å². The molecule has 0 radical (unpaired) electrons. The summed E-state index contributed by atoms with van der Waals surface area (Å²) < 4.78 is 15.7. The predicted octanol–water partition coefficient (Wildman–Crippen LogP) is 2.20. The lowest BCUT2D eigenvalue weighted by Gasteiger charge is -2.13. The average molecular weight is 415 g/mol. The van der Waals surface area contributed by atoms with Gasteiger partial charge in [-0.1, -0.05) is 0 Å². The van der Waals surface area contributed by atoms with Crippen molar-refractivity contribution >= 4 is 11.9 Å². The van der Waals surface area contributed by atoms with Crippen molar-refractivity contribution in [3.8, 4) is 17.2 Å². The first-order valence-corrected chi connectivity index (χ1v) is 9.76. The zero-order chi connectivity index (χ0) is 21.8. The average Bonchev–Trinajstić information content (AvgIpc) is 2.79. The summed E-state index contributed by atoms with van der Waals surface area (Å²) in [6.45, 7) is 4.16. The highest BCUT2D eigenvalue weighted by molar-refractivity contribution is 5.94. The molecule has 0 spiro atoms. The minimum absolute atomic E-state index is 0.135. The molecule has 0 saturated carbocycles. The number of benzene rings is 2. The number of amides is 1. The summed E-state index contributed by atoms with van der Waals surface area (Å²) in [4.78, 5) is 16.8. The van der Waals surface area contributed by atoms with Crippen molar-refractivity contribution in [3.05, 3.63) is 53.6 Å². The summed E-state index contributed by atoms with van der Waals surface area (Å²) in [7, 11) is 4.83. The first-order valence-electron chi connectivity index (χ1n) is 9.76. The topological polar surface area (TPSA) is 93.2 Å². The van der Waals surface area contributed by atoms with Crippen molar-refractivity contribution in [2.45, 2.75) is 13.5 Å². The molecule has 2 rings (SSSR count). The third-order valence-corrected chi connectivity index (χ3v) is 4.30. The van der Waals surface area contributed by atoms with Crippen LogP contribution in [0.15, 0.2) is 47.5 Å². The Morgan fingerprint density at radius 1 is 0.867 bits per heavy atom. The molecule has 0 aliphatic heterocycles. The Morgan fingerprint density at radius 3 is 2.17 bits per heavy atom. The van der Waals surface area contributed by atoms with E-state index in [0.717, 1.165) is 23.6 Å². The van der Waals surface area contributed by atoms with Crippen LogP contribution in [0.3, 0.4) is 0 Å². The van der Waals surface area contributed by atoms with E-state index in [1.165, 1.54) is 0 Å². The van der Waals surface area contributed by atoms with E-state index >= 15 is 0 Å². The molecule has 3 N–H and O–H groups in total. The number of carbonyl (C=O) groups is 1. The number of ether oxygens (including phenoxy) is 3. The second-order valence-electron chi connectivity index (χ2n) is 6.28. The van der Waals surface area contributed by atoms with Gasteiger partial charge in [-0.15, -0.1) is 0 Å². The van der Waals surface area contributed by atoms with E-state index in [0.29, 0.717) is 36.9 Å². The molecule has 0 unspecified atom stereocenters. The summed E-state index contributed by atoms with van der Waals surface area (Å²) in [6.07, 6.45) is 0. The molecular weight excluding hydrogens is 384 g/mol. The van der Waals surface area contributed by atoms with Crippen LogP contribution in [-0.2, 0) is 6.54 Å². The van der Waals surface area contributed by atoms with Gasteiger partial charge in [0.25, 0.3) is 5.91 Å². The number of hydrogen-bond donors (Lipinski definition) is 3. The smallest absolute Gasteiger partial charge is 0.251 e. The van der Waals surface area contributed by atoms with Gasteiger partial charge < -0.3 is 30.2 Å². The van der Waals surface area contributed by atoms with Crippen LogP contribution in [0.2, 0.25) is 0 Å². The maximum atomic E-state index is 12.2. The molecule has 162 valence electrons. The van der Waals surface area contributed by atoms with Crippen LogP contribution in [0.25, 0.3) is 0 Å². The molecule has 0 aliphatic rings. The van der Waals surface area contributed by atoms with E-state index in [9.17, 15) is 4.79 Å². The molecule has 0 aromatic heterocycles. The Bertz CT molecular complexity index is 838. The molecular formula is C22H30N4O4. The van der Waals surface area contributed by atoms with Gasteiger partial charge in [0.05, 0.1) is 27.9 Å². The Morgan fingerprint density at radius 2 is 1.53 bits per heavy atom. The molecule has 0 aliphatic carbocycles. The van der Waals surface area contributed by atoms with Gasteiger partial charge in [-0.3, -0.25) is 4.79 Å². The number of rotatable bonds is 10. The number of aliphatic imine (C=N–C) groups is 1. The summed E-state index contributed by atoms with van der Waals surface area (Å²) in [5.41, 5.74) is 1.53. The molecule has 0 fully saturated rings. The lowest BCUT2D eigenvalue weighted by Crippen LogP contribution is -2.41. The summed E-state index contributed by atoms with van der Waals surface area (Å²) in [6, 6.07) is 12.6. The Kier molecular flexibility index (Phi) is 9.30. The summed E-state index contributed by atoms with van der Waals surface area (Å²) >= 11 is 0. The molecule has 2 aromatic carbocycles. The van der Waals surface area contributed by atoms with Crippen molar-refractivity contribution in [3.63, 3.8) is 0 Å². The van der Waals surface area contributed by atoms with E-state index in [1.54, 1.807) is 45.6 Å². The van der Waals surface area contributed by atoms with Gasteiger partial charge in [0.2, 0.25) is 0 Å². The Hall–Kier alpha value is -3.42. The maximum Gasteiger partial charge on any atom is 0.251 e. The monoisotopic (exact) mass is 414 g/mol. The fourth-order valence-electron chi connectivity index (χ4n) is 2.69. The lowest BCUT2D eigenvalue weighted by atomic mass is 10.2. The van der Waals surface area contributed by atoms with Gasteiger partial charge in [-0.05, 0) is 43.3 Å². The molecule has 0 saturated heterocycles. The van der Waals surface area contributed by atoms with Crippen molar-refractivity contribution in [1.82, 2.24) is 16.0 Å². The largest absolute Gasteiger partial charge is 0.497 e. The second kappa shape index (κ2) is 12.2. The van der Waals surface area contributed by atoms with Crippen LogP contribution < -0.4 is 30.2 Å². The zero-order valence-corrected chi connectivity index (χ0v) is 18.0. The van der Waals surface area contributed by atoms with Crippen LogP contribution in [-0.4, -0.2) is 52.8 Å². The minimum Gasteiger partial charge on any atom is -0.497 e. The second-order valence-corrected chi connectivity index (χ2v) is 6.28. The highest BCUT2D eigenvalue weighted by Crippen LogP contribution is 2.25. The van der Waals surface area contributed by atoms with Gasteiger partial charge in [0.1, 0.15) is 17.2 Å². The molecule has 8 heteroatoms. The van der Waals surface area contributed by atoms with Gasteiger partial charge >= 0.3 is 0 Å². The van der Waals surface area contributed by atoms with Crippen molar-refractivity contribution in [2.75, 3.05) is 41.0 Å². The summed E-state index contributed by atoms with van der Waals surface area (Å²) in [5.74, 6) is 2.70. The quantitative estimate of drug-likeness (QED) is 0.314. The third-order valence-electron chi connectivity index (χ3n) is 4.30. The van der Waals surface area contributed by atoms with E-state index in [2.05, 4.69) is 20.9 Å². The Balaban J connectivity index is 1.87. The zero-order valence-electron chi connectivity index (χ0n) is 18.0. The maximum absolute atomic E-state index is 12.2. The minimum atomic E-state index is -0.135. The van der Waals surface area contributed by atoms with E-state index in [4.69, 9.17) is 14.2 Å². The fourth-order valence-corrected chi connectivity index (χ4v) is 2.69. The normalized spacial score (nSPS) is 10.9. The number of nitrogens with one attached hydrogen (secondary N) is 3. The molecule has 2 aromatic rings. The predicted molar refractivity (Wildman–Crippen MR) is 118 cm³/mol. The number of hydrogen-bond acceptors (Lipinski definition) is 5. The van der Waals surface area contributed by atoms with Crippen molar-refractivity contribution in [1.29, 1.82) is 0 Å². The van der Waals surface area contributed by atoms with E-state index in [1.807, 2.05) is 25.1 Å². The molecule has 1 amide bonds. The summed E-state index contributed by atoms with van der Waals surface area (Å²) in [5, 5.41) is 9.29. The molecule has 30 heavy (non-hydrogen) atoms. The first-order chi connectivity index (χ1) is 14.6. The van der Waals surface area contributed by atoms with Crippen LogP contribution in [0, 0.1) is 0 Å². The van der Waals surface area contributed by atoms with E-state index < -0.39 is 0 Å². The van der Waals surface area contributed by atoms with Crippen LogP contribution in [0.4, 0.5) is 0 Å². The first kappa shape index (κ1) is 22.9. The third kappa shape index (κ3) is 6.88. The van der Waals surface area contributed by atoms with Crippen LogP contribution >= 0.6 is 0 Å². The molecule has 8 nitrogen and oxygen atoms in total. The van der Waals surface area contributed by atoms with E-state index in [-0.39, 0.29) is 5.91 Å². The van der Waals surface area contributed by atoms with Gasteiger partial charge in [-0.25, -0.2) is 4.99 Å². The highest BCUT2D eigenvalue weighted by Gasteiger charge is 2.07. The molecule has 0 bridgehead atoms.